The van der Waals surface area contributed by atoms with Gasteiger partial charge in [0.25, 0.3) is 0 Å². The molecule has 2 aliphatic rings. The highest BCUT2D eigenvalue weighted by Gasteiger charge is 2.52. The van der Waals surface area contributed by atoms with Gasteiger partial charge in [-0.1, -0.05) is 18.2 Å². The number of para-hydroxylation sites is 1. The minimum atomic E-state index is -0.762. The minimum Gasteiger partial charge on any atom is -0.506 e. The Morgan fingerprint density at radius 3 is 2.73 bits per heavy atom. The van der Waals surface area contributed by atoms with Crippen LogP contribution in [0.15, 0.2) is 48.7 Å². The lowest BCUT2D eigenvalue weighted by Crippen LogP contribution is -2.36. The van der Waals surface area contributed by atoms with Gasteiger partial charge in [-0.3, -0.25) is 9.88 Å². The van der Waals surface area contributed by atoms with E-state index in [-0.39, 0.29) is 17.8 Å². The Hall–Kier alpha value is -2.15. The highest BCUT2D eigenvalue weighted by molar-refractivity contribution is 5.22. The Morgan fingerprint density at radius 2 is 2.04 bits per heavy atom. The molecule has 3 N–H and O–H groups in total. The Bertz CT molecular complexity index is 739. The lowest BCUT2D eigenvalue weighted by molar-refractivity contribution is 0.0177. The zero-order valence-corrected chi connectivity index (χ0v) is 14.5. The largest absolute Gasteiger partial charge is 0.506 e. The Labute approximate surface area is 152 Å². The fourth-order valence-corrected chi connectivity index (χ4v) is 4.24. The summed E-state index contributed by atoms with van der Waals surface area (Å²) < 4.78 is 6.01. The summed E-state index contributed by atoms with van der Waals surface area (Å²) in [5, 5.41) is 30.7. The van der Waals surface area contributed by atoms with Gasteiger partial charge in [0, 0.05) is 32.0 Å². The third-order valence-corrected chi connectivity index (χ3v) is 5.45. The quantitative estimate of drug-likeness (QED) is 0.756. The van der Waals surface area contributed by atoms with Gasteiger partial charge in [0.2, 0.25) is 0 Å². The number of fused-ring (bicyclic) bond motifs is 1. The summed E-state index contributed by atoms with van der Waals surface area (Å²) in [6, 6.07) is 12.9. The van der Waals surface area contributed by atoms with Crippen molar-refractivity contribution in [3.05, 3.63) is 54.4 Å². The maximum Gasteiger partial charge on any atom is 0.133 e. The molecular weight excluding hydrogens is 332 g/mol. The number of pyridine rings is 1. The third-order valence-electron chi connectivity index (χ3n) is 5.45. The van der Waals surface area contributed by atoms with Crippen LogP contribution < -0.4 is 4.74 Å². The Balaban J connectivity index is 1.33. The van der Waals surface area contributed by atoms with Crippen molar-refractivity contribution in [2.45, 2.75) is 30.7 Å². The number of β-amino-alcohol motifs (C(OH)–C–C–N with tert-alkyl or cyclic N) is 2. The van der Waals surface area contributed by atoms with E-state index in [1.54, 1.807) is 6.07 Å². The van der Waals surface area contributed by atoms with Crippen molar-refractivity contribution >= 4 is 0 Å². The molecule has 0 bridgehead atoms. The highest BCUT2D eigenvalue weighted by Crippen LogP contribution is 2.43. The Morgan fingerprint density at radius 1 is 1.23 bits per heavy atom. The number of hydrogen-bond acceptors (Lipinski definition) is 6. The molecule has 2 aromatic rings. The van der Waals surface area contributed by atoms with Crippen LogP contribution in [0.2, 0.25) is 0 Å². The molecule has 1 aliphatic carbocycles. The fraction of sp³-hybridized carbons (Fsp3) is 0.450. The lowest BCUT2D eigenvalue weighted by Gasteiger charge is -2.24. The Kier molecular flexibility index (Phi) is 4.56. The summed E-state index contributed by atoms with van der Waals surface area (Å²) in [7, 11) is 0. The maximum absolute atomic E-state index is 11.0. The summed E-state index contributed by atoms with van der Waals surface area (Å²) in [6.07, 6.45) is 2.04. The van der Waals surface area contributed by atoms with Gasteiger partial charge in [0.1, 0.15) is 23.7 Å². The number of aliphatic hydroxyl groups is 2. The molecule has 1 aromatic carbocycles. The first-order valence-corrected chi connectivity index (χ1v) is 9.01. The topological polar surface area (TPSA) is 86.1 Å². The number of aromatic nitrogens is 1. The molecular formula is C20H24N2O4. The van der Waals surface area contributed by atoms with E-state index >= 15 is 0 Å². The van der Waals surface area contributed by atoms with Crippen molar-refractivity contribution in [1.82, 2.24) is 9.88 Å². The van der Waals surface area contributed by atoms with E-state index in [1.165, 1.54) is 12.3 Å². The fourth-order valence-electron chi connectivity index (χ4n) is 4.24. The highest BCUT2D eigenvalue weighted by atomic mass is 16.5. The summed E-state index contributed by atoms with van der Waals surface area (Å²) in [4.78, 5) is 6.15. The van der Waals surface area contributed by atoms with Gasteiger partial charge in [0.05, 0.1) is 17.5 Å². The van der Waals surface area contributed by atoms with Crippen LogP contribution in [-0.2, 0) is 0 Å². The number of likely N-dealkylation sites (tertiary alicyclic amines) is 1. The van der Waals surface area contributed by atoms with Crippen molar-refractivity contribution in [2.24, 2.45) is 5.92 Å². The van der Waals surface area contributed by atoms with Crippen LogP contribution in [0.4, 0.5) is 0 Å². The maximum atomic E-state index is 11.0. The molecule has 2 fully saturated rings. The first kappa shape index (κ1) is 17.3. The zero-order valence-electron chi connectivity index (χ0n) is 14.5. The number of ether oxygens (including phenoxy) is 1. The van der Waals surface area contributed by atoms with Crippen LogP contribution in [0.3, 0.4) is 0 Å². The van der Waals surface area contributed by atoms with E-state index in [9.17, 15) is 15.3 Å². The van der Waals surface area contributed by atoms with Crippen LogP contribution in [-0.4, -0.2) is 56.5 Å². The smallest absolute Gasteiger partial charge is 0.133 e. The van der Waals surface area contributed by atoms with Gasteiger partial charge < -0.3 is 20.1 Å². The van der Waals surface area contributed by atoms with Crippen molar-refractivity contribution < 1.29 is 20.1 Å². The van der Waals surface area contributed by atoms with Gasteiger partial charge in [0.15, 0.2) is 0 Å². The lowest BCUT2D eigenvalue weighted by atomic mass is 9.95. The normalized spacial score (nSPS) is 29.5. The second-order valence-corrected chi connectivity index (χ2v) is 7.44. The van der Waals surface area contributed by atoms with Gasteiger partial charge in [-0.15, -0.1) is 0 Å². The van der Waals surface area contributed by atoms with Gasteiger partial charge in [-0.05, 0) is 30.7 Å². The van der Waals surface area contributed by atoms with Crippen LogP contribution in [0.25, 0.3) is 0 Å². The molecule has 1 saturated carbocycles. The standard InChI is InChI=1S/C20H24N2O4/c23-15-6-7-18(21-10-15)19(24)12-22-11-14-8-17(9-20(14,25)13-22)26-16-4-2-1-3-5-16/h1-7,10,14,17,19,23-25H,8-9,11-13H2/t14-,17+,19?,20-/m1/s1. The molecule has 4 rings (SSSR count). The molecule has 1 saturated heterocycles. The van der Waals surface area contributed by atoms with Crippen molar-refractivity contribution in [3.8, 4) is 11.5 Å². The molecule has 0 spiro atoms. The number of nitrogens with zero attached hydrogens (tertiary/aromatic N) is 2. The minimum absolute atomic E-state index is 0.0261. The number of aromatic hydroxyl groups is 1. The van der Waals surface area contributed by atoms with Gasteiger partial charge >= 0.3 is 0 Å². The van der Waals surface area contributed by atoms with E-state index in [0.717, 1.165) is 18.7 Å². The van der Waals surface area contributed by atoms with E-state index in [0.29, 0.717) is 25.2 Å². The second-order valence-electron chi connectivity index (χ2n) is 7.44. The molecule has 1 aromatic heterocycles. The summed E-state index contributed by atoms with van der Waals surface area (Å²) >= 11 is 0. The molecule has 1 unspecified atom stereocenters. The van der Waals surface area contributed by atoms with Crippen LogP contribution in [0.5, 0.6) is 11.5 Å². The van der Waals surface area contributed by atoms with E-state index < -0.39 is 11.7 Å². The summed E-state index contributed by atoms with van der Waals surface area (Å²) in [5.41, 5.74) is -0.237. The first-order chi connectivity index (χ1) is 12.5. The molecule has 4 atom stereocenters. The van der Waals surface area contributed by atoms with E-state index in [4.69, 9.17) is 4.74 Å². The molecule has 138 valence electrons. The SMILES string of the molecule is Oc1ccc(C(O)CN2C[C@H]3C[C@H](Oc4ccccc4)C[C@@]3(O)C2)nc1. The summed E-state index contributed by atoms with van der Waals surface area (Å²) in [5.74, 6) is 1.07. The predicted molar refractivity (Wildman–Crippen MR) is 95.8 cm³/mol. The molecule has 0 radical (unpaired) electrons. The van der Waals surface area contributed by atoms with Crippen LogP contribution >= 0.6 is 0 Å². The van der Waals surface area contributed by atoms with Crippen molar-refractivity contribution in [2.75, 3.05) is 19.6 Å². The number of benzene rings is 1. The third kappa shape index (κ3) is 3.53. The number of hydrogen-bond donors (Lipinski definition) is 3. The van der Waals surface area contributed by atoms with Gasteiger partial charge in [-0.25, -0.2) is 0 Å². The molecule has 26 heavy (non-hydrogen) atoms. The van der Waals surface area contributed by atoms with Gasteiger partial charge in [-0.2, -0.15) is 0 Å². The molecule has 0 amide bonds. The predicted octanol–water partition coefficient (Wildman–Crippen LogP) is 1.72. The molecule has 6 nitrogen and oxygen atoms in total. The van der Waals surface area contributed by atoms with Crippen molar-refractivity contribution in [3.63, 3.8) is 0 Å². The van der Waals surface area contributed by atoms with Crippen LogP contribution in [0.1, 0.15) is 24.6 Å². The number of rotatable bonds is 5. The van der Waals surface area contributed by atoms with Crippen molar-refractivity contribution in [1.29, 1.82) is 0 Å². The van der Waals surface area contributed by atoms with Crippen LogP contribution in [0, 0.1) is 5.92 Å². The summed E-state index contributed by atoms with van der Waals surface area (Å²) in [6.45, 7) is 1.68. The van der Waals surface area contributed by atoms with E-state index in [2.05, 4.69) is 9.88 Å². The average Bonchev–Trinajstić information content (AvgIpc) is 3.06. The zero-order chi connectivity index (χ0) is 18.1. The molecule has 2 heterocycles. The average molecular weight is 356 g/mol. The first-order valence-electron chi connectivity index (χ1n) is 9.01. The molecule has 6 heteroatoms. The second kappa shape index (κ2) is 6.87. The van der Waals surface area contributed by atoms with E-state index in [1.807, 2.05) is 30.3 Å². The molecule has 1 aliphatic heterocycles. The number of aliphatic hydroxyl groups excluding tert-OH is 1. The monoisotopic (exact) mass is 356 g/mol.